The van der Waals surface area contributed by atoms with Gasteiger partial charge in [-0.05, 0) is 42.0 Å². The molecule has 1 aliphatic heterocycles. The van der Waals surface area contributed by atoms with Crippen LogP contribution in [-0.4, -0.2) is 73.6 Å². The SMILES string of the molecule is OC(COCCOc1ccc(Cl)cc1)CN1CCN(Cc2ccc(Cl)cc2)CC1. The molecule has 7 heteroatoms. The molecular formula is C22H28Cl2N2O3. The fourth-order valence-electron chi connectivity index (χ4n) is 3.30. The van der Waals surface area contributed by atoms with E-state index in [9.17, 15) is 5.11 Å². The minimum Gasteiger partial charge on any atom is -0.491 e. The molecule has 2 aromatic rings. The van der Waals surface area contributed by atoms with Gasteiger partial charge in [-0.15, -0.1) is 0 Å². The summed E-state index contributed by atoms with van der Waals surface area (Å²) in [5.74, 6) is 0.759. The third kappa shape index (κ3) is 8.13. The third-order valence-corrected chi connectivity index (χ3v) is 5.38. The number of piperazine rings is 1. The molecular weight excluding hydrogens is 411 g/mol. The Morgan fingerprint density at radius 3 is 2.07 bits per heavy atom. The van der Waals surface area contributed by atoms with Gasteiger partial charge in [-0.3, -0.25) is 9.80 Å². The summed E-state index contributed by atoms with van der Waals surface area (Å²) in [7, 11) is 0. The number of aliphatic hydroxyl groups is 1. The topological polar surface area (TPSA) is 45.2 Å². The van der Waals surface area contributed by atoms with Gasteiger partial charge in [0.2, 0.25) is 0 Å². The van der Waals surface area contributed by atoms with E-state index in [1.807, 2.05) is 24.3 Å². The molecule has 5 nitrogen and oxygen atoms in total. The molecule has 1 fully saturated rings. The molecule has 1 aliphatic rings. The van der Waals surface area contributed by atoms with Crippen molar-refractivity contribution in [3.05, 3.63) is 64.1 Å². The lowest BCUT2D eigenvalue weighted by Crippen LogP contribution is -2.48. The molecule has 1 saturated heterocycles. The normalized spacial score (nSPS) is 16.7. The van der Waals surface area contributed by atoms with E-state index in [4.69, 9.17) is 32.7 Å². The molecule has 29 heavy (non-hydrogen) atoms. The highest BCUT2D eigenvalue weighted by atomic mass is 35.5. The maximum atomic E-state index is 10.2. The van der Waals surface area contributed by atoms with Crippen LogP contribution < -0.4 is 4.74 Å². The number of halogens is 2. The van der Waals surface area contributed by atoms with Gasteiger partial charge in [0.25, 0.3) is 0 Å². The number of benzene rings is 2. The number of ether oxygens (including phenoxy) is 2. The van der Waals surface area contributed by atoms with Crippen LogP contribution in [0.4, 0.5) is 0 Å². The van der Waals surface area contributed by atoms with E-state index in [1.165, 1.54) is 5.56 Å². The predicted octanol–water partition coefficient (Wildman–Crippen LogP) is 3.57. The quantitative estimate of drug-likeness (QED) is 0.574. The minimum atomic E-state index is -0.492. The molecule has 1 N–H and O–H groups in total. The number of β-amino-alcohol motifs (C(OH)–C–C–N with tert-alkyl or cyclic N) is 1. The van der Waals surface area contributed by atoms with Crippen LogP contribution in [0.1, 0.15) is 5.56 Å². The van der Waals surface area contributed by atoms with Gasteiger partial charge in [0.1, 0.15) is 12.4 Å². The summed E-state index contributed by atoms with van der Waals surface area (Å²) in [5, 5.41) is 11.7. The zero-order valence-electron chi connectivity index (χ0n) is 16.5. The molecule has 158 valence electrons. The smallest absolute Gasteiger partial charge is 0.119 e. The Morgan fingerprint density at radius 1 is 0.828 bits per heavy atom. The Labute approximate surface area is 182 Å². The molecule has 1 atom stereocenters. The fraction of sp³-hybridized carbons (Fsp3) is 0.455. The number of rotatable bonds is 10. The third-order valence-electron chi connectivity index (χ3n) is 4.87. The van der Waals surface area contributed by atoms with Crippen LogP contribution in [0.3, 0.4) is 0 Å². The van der Waals surface area contributed by atoms with Crippen molar-refractivity contribution in [1.82, 2.24) is 9.80 Å². The Kier molecular flexibility index (Phi) is 9.05. The second kappa shape index (κ2) is 11.7. The zero-order valence-corrected chi connectivity index (χ0v) is 18.0. The second-order valence-electron chi connectivity index (χ2n) is 7.23. The van der Waals surface area contributed by atoms with Crippen molar-refractivity contribution in [2.45, 2.75) is 12.6 Å². The number of aliphatic hydroxyl groups excluding tert-OH is 1. The van der Waals surface area contributed by atoms with Crippen molar-refractivity contribution in [2.75, 3.05) is 52.5 Å². The highest BCUT2D eigenvalue weighted by Gasteiger charge is 2.19. The Morgan fingerprint density at radius 2 is 1.41 bits per heavy atom. The summed E-state index contributed by atoms with van der Waals surface area (Å²) >= 11 is 11.8. The van der Waals surface area contributed by atoms with Crippen molar-refractivity contribution in [3.63, 3.8) is 0 Å². The second-order valence-corrected chi connectivity index (χ2v) is 8.11. The van der Waals surface area contributed by atoms with Crippen LogP contribution >= 0.6 is 23.2 Å². The minimum absolute atomic E-state index is 0.314. The Bertz CT molecular complexity index is 720. The summed E-state index contributed by atoms with van der Waals surface area (Å²) in [6.07, 6.45) is -0.492. The van der Waals surface area contributed by atoms with Gasteiger partial charge < -0.3 is 14.6 Å². The molecule has 2 aromatic carbocycles. The molecule has 0 radical (unpaired) electrons. The number of nitrogens with zero attached hydrogens (tertiary/aromatic N) is 2. The number of hydrogen-bond donors (Lipinski definition) is 1. The van der Waals surface area contributed by atoms with Crippen LogP contribution in [0.15, 0.2) is 48.5 Å². The van der Waals surface area contributed by atoms with Crippen molar-refractivity contribution in [2.24, 2.45) is 0 Å². The molecule has 3 rings (SSSR count). The standard InChI is InChI=1S/C22H28Cl2N2O3/c23-19-3-1-18(2-4-19)15-25-9-11-26(12-10-25)16-21(27)17-28-13-14-29-22-7-5-20(24)6-8-22/h1-8,21,27H,9-17H2. The van der Waals surface area contributed by atoms with Gasteiger partial charge in [0.05, 0.1) is 19.3 Å². The van der Waals surface area contributed by atoms with Gasteiger partial charge in [0, 0.05) is 49.3 Å². The van der Waals surface area contributed by atoms with Crippen LogP contribution in [0.2, 0.25) is 10.0 Å². The summed E-state index contributed by atoms with van der Waals surface area (Å²) in [6.45, 7) is 6.64. The molecule has 0 spiro atoms. The van der Waals surface area contributed by atoms with Crippen LogP contribution in [0, 0.1) is 0 Å². The van der Waals surface area contributed by atoms with E-state index in [1.54, 1.807) is 12.1 Å². The largest absolute Gasteiger partial charge is 0.491 e. The Balaban J connectivity index is 1.25. The molecule has 1 heterocycles. The van der Waals surface area contributed by atoms with Gasteiger partial charge in [0.15, 0.2) is 0 Å². The lowest BCUT2D eigenvalue weighted by atomic mass is 10.2. The first-order valence-corrected chi connectivity index (χ1v) is 10.7. The summed E-state index contributed by atoms with van der Waals surface area (Å²) in [4.78, 5) is 4.72. The first-order chi connectivity index (χ1) is 14.1. The van der Waals surface area contributed by atoms with Crippen molar-refractivity contribution in [1.29, 1.82) is 0 Å². The summed E-state index contributed by atoms with van der Waals surface area (Å²) in [6, 6.07) is 15.2. The van der Waals surface area contributed by atoms with Crippen molar-refractivity contribution < 1.29 is 14.6 Å². The van der Waals surface area contributed by atoms with Gasteiger partial charge >= 0.3 is 0 Å². The van der Waals surface area contributed by atoms with Crippen LogP contribution in [0.25, 0.3) is 0 Å². The highest BCUT2D eigenvalue weighted by molar-refractivity contribution is 6.30. The van der Waals surface area contributed by atoms with Gasteiger partial charge in [-0.25, -0.2) is 0 Å². The van der Waals surface area contributed by atoms with Crippen LogP contribution in [-0.2, 0) is 11.3 Å². The van der Waals surface area contributed by atoms with E-state index in [2.05, 4.69) is 21.9 Å². The molecule has 1 unspecified atom stereocenters. The molecule has 0 amide bonds. The molecule has 0 aromatic heterocycles. The van der Waals surface area contributed by atoms with Gasteiger partial charge in [-0.1, -0.05) is 35.3 Å². The summed E-state index contributed by atoms with van der Waals surface area (Å²) in [5.41, 5.74) is 1.28. The first kappa shape index (κ1) is 22.3. The van der Waals surface area contributed by atoms with Gasteiger partial charge in [-0.2, -0.15) is 0 Å². The average molecular weight is 439 g/mol. The van der Waals surface area contributed by atoms with Crippen molar-refractivity contribution >= 4 is 23.2 Å². The van der Waals surface area contributed by atoms with Crippen LogP contribution in [0.5, 0.6) is 5.75 Å². The maximum Gasteiger partial charge on any atom is 0.119 e. The maximum absolute atomic E-state index is 10.2. The van der Waals surface area contributed by atoms with E-state index in [0.717, 1.165) is 43.5 Å². The average Bonchev–Trinajstić information content (AvgIpc) is 2.72. The highest BCUT2D eigenvalue weighted by Crippen LogP contribution is 2.15. The Hall–Kier alpha value is -1.34. The zero-order chi connectivity index (χ0) is 20.5. The van der Waals surface area contributed by atoms with E-state index in [0.29, 0.717) is 31.4 Å². The monoisotopic (exact) mass is 438 g/mol. The number of hydrogen-bond acceptors (Lipinski definition) is 5. The molecule has 0 bridgehead atoms. The summed E-state index contributed by atoms with van der Waals surface area (Å²) < 4.78 is 11.1. The van der Waals surface area contributed by atoms with E-state index in [-0.39, 0.29) is 0 Å². The first-order valence-electron chi connectivity index (χ1n) is 9.92. The lowest BCUT2D eigenvalue weighted by molar-refractivity contribution is -0.000435. The predicted molar refractivity (Wildman–Crippen MR) is 117 cm³/mol. The van der Waals surface area contributed by atoms with E-state index >= 15 is 0 Å². The lowest BCUT2D eigenvalue weighted by Gasteiger charge is -2.35. The van der Waals surface area contributed by atoms with E-state index < -0.39 is 6.10 Å². The fourth-order valence-corrected chi connectivity index (χ4v) is 3.55. The van der Waals surface area contributed by atoms with Crippen molar-refractivity contribution in [3.8, 4) is 5.75 Å². The molecule has 0 saturated carbocycles. The molecule has 0 aliphatic carbocycles.